The molecule has 0 unspecified atom stereocenters. The van der Waals surface area contributed by atoms with Crippen molar-refractivity contribution in [3.8, 4) is 17.2 Å². The summed E-state index contributed by atoms with van der Waals surface area (Å²) >= 11 is 0. The number of ether oxygens (including phenoxy) is 2. The van der Waals surface area contributed by atoms with Crippen molar-refractivity contribution in [3.05, 3.63) is 53.8 Å². The van der Waals surface area contributed by atoms with E-state index in [1.54, 1.807) is 37.4 Å². The number of hydrogen-bond acceptors (Lipinski definition) is 4. The maximum atomic E-state index is 12.8. The first-order valence-electron chi connectivity index (χ1n) is 8.73. The molecule has 7 heteroatoms. The van der Waals surface area contributed by atoms with Gasteiger partial charge in [-0.05, 0) is 54.8 Å². The molecule has 0 radical (unpaired) electrons. The van der Waals surface area contributed by atoms with Crippen molar-refractivity contribution in [1.29, 1.82) is 0 Å². The van der Waals surface area contributed by atoms with Crippen LogP contribution in [0.3, 0.4) is 0 Å². The van der Waals surface area contributed by atoms with Crippen LogP contribution in [0.2, 0.25) is 0 Å². The number of carbonyl (C=O) groups is 1. The number of aromatic hydroxyl groups is 1. The standard InChI is InChI=1S/C20H25FN2O4/c1-23(14-15-5-10-19(26-2)18(24)13-15)20(25)22-11-3-4-12-27-17-8-6-16(21)7-9-17/h5-10,13,24H,3-4,11-12,14H2,1-2H3,(H,22,25). The number of amides is 2. The van der Waals surface area contributed by atoms with Crippen LogP contribution in [0.5, 0.6) is 17.2 Å². The molecular formula is C20H25FN2O4. The molecule has 0 heterocycles. The second kappa shape index (κ2) is 10.3. The van der Waals surface area contributed by atoms with E-state index in [9.17, 15) is 14.3 Å². The molecule has 0 spiro atoms. The van der Waals surface area contributed by atoms with E-state index in [4.69, 9.17) is 9.47 Å². The van der Waals surface area contributed by atoms with Gasteiger partial charge >= 0.3 is 6.03 Å². The van der Waals surface area contributed by atoms with Crippen LogP contribution in [0.1, 0.15) is 18.4 Å². The molecule has 0 aliphatic rings. The highest BCUT2D eigenvalue weighted by atomic mass is 19.1. The van der Waals surface area contributed by atoms with Gasteiger partial charge in [-0.2, -0.15) is 0 Å². The van der Waals surface area contributed by atoms with Gasteiger partial charge in [0.25, 0.3) is 0 Å². The second-order valence-corrected chi connectivity index (χ2v) is 6.10. The number of nitrogens with zero attached hydrogens (tertiary/aromatic N) is 1. The van der Waals surface area contributed by atoms with Crippen LogP contribution < -0.4 is 14.8 Å². The van der Waals surface area contributed by atoms with Crippen molar-refractivity contribution in [1.82, 2.24) is 10.2 Å². The maximum Gasteiger partial charge on any atom is 0.317 e. The fourth-order valence-corrected chi connectivity index (χ4v) is 2.46. The van der Waals surface area contributed by atoms with Gasteiger partial charge in [0, 0.05) is 20.1 Å². The van der Waals surface area contributed by atoms with Crippen LogP contribution in [0, 0.1) is 5.82 Å². The van der Waals surface area contributed by atoms with Crippen LogP contribution in [0.15, 0.2) is 42.5 Å². The van der Waals surface area contributed by atoms with Gasteiger partial charge in [-0.1, -0.05) is 6.07 Å². The summed E-state index contributed by atoms with van der Waals surface area (Å²) in [7, 11) is 3.17. The molecule has 6 nitrogen and oxygen atoms in total. The van der Waals surface area contributed by atoms with Crippen molar-refractivity contribution in [2.75, 3.05) is 27.3 Å². The van der Waals surface area contributed by atoms with E-state index in [0.717, 1.165) is 18.4 Å². The summed E-state index contributed by atoms with van der Waals surface area (Å²) < 4.78 is 23.3. The Kier molecular flexibility index (Phi) is 7.73. The third kappa shape index (κ3) is 6.69. The maximum absolute atomic E-state index is 12.8. The Morgan fingerprint density at radius 1 is 1.19 bits per heavy atom. The Bertz CT molecular complexity index is 737. The molecule has 0 aliphatic carbocycles. The van der Waals surface area contributed by atoms with Crippen LogP contribution in [-0.2, 0) is 6.54 Å². The predicted molar refractivity (Wildman–Crippen MR) is 101 cm³/mol. The number of phenols is 1. The summed E-state index contributed by atoms with van der Waals surface area (Å²) in [6.45, 7) is 1.41. The smallest absolute Gasteiger partial charge is 0.317 e. The molecule has 27 heavy (non-hydrogen) atoms. The van der Waals surface area contributed by atoms with Gasteiger partial charge < -0.3 is 24.8 Å². The van der Waals surface area contributed by atoms with E-state index in [1.165, 1.54) is 24.1 Å². The number of rotatable bonds is 9. The molecule has 0 atom stereocenters. The molecule has 0 aliphatic heterocycles. The van der Waals surface area contributed by atoms with Gasteiger partial charge in [0.05, 0.1) is 13.7 Å². The number of methoxy groups -OCH3 is 1. The Labute approximate surface area is 158 Å². The third-order valence-corrected chi connectivity index (χ3v) is 3.94. The SMILES string of the molecule is COc1ccc(CN(C)C(=O)NCCCCOc2ccc(F)cc2)cc1O. The number of phenolic OH excluding ortho intramolecular Hbond substituents is 1. The molecule has 146 valence electrons. The highest BCUT2D eigenvalue weighted by Gasteiger charge is 2.10. The zero-order chi connectivity index (χ0) is 19.6. The van der Waals surface area contributed by atoms with Gasteiger partial charge in [0.15, 0.2) is 11.5 Å². The lowest BCUT2D eigenvalue weighted by Crippen LogP contribution is -2.37. The summed E-state index contributed by atoms with van der Waals surface area (Å²) in [5, 5.41) is 12.6. The number of nitrogens with one attached hydrogen (secondary N) is 1. The largest absolute Gasteiger partial charge is 0.504 e. The number of halogens is 1. The Balaban J connectivity index is 1.63. The zero-order valence-electron chi connectivity index (χ0n) is 15.6. The van der Waals surface area contributed by atoms with Crippen molar-refractivity contribution >= 4 is 6.03 Å². The lowest BCUT2D eigenvalue weighted by atomic mass is 10.2. The Morgan fingerprint density at radius 2 is 1.93 bits per heavy atom. The van der Waals surface area contributed by atoms with E-state index in [1.807, 2.05) is 0 Å². The minimum absolute atomic E-state index is 0.0463. The summed E-state index contributed by atoms with van der Waals surface area (Å²) in [5.41, 5.74) is 0.804. The first kappa shape index (κ1) is 20.4. The van der Waals surface area contributed by atoms with Gasteiger partial charge in [-0.15, -0.1) is 0 Å². The molecule has 2 aromatic carbocycles. The topological polar surface area (TPSA) is 71.0 Å². The van der Waals surface area contributed by atoms with Crippen molar-refractivity contribution in [3.63, 3.8) is 0 Å². The lowest BCUT2D eigenvalue weighted by Gasteiger charge is -2.18. The van der Waals surface area contributed by atoms with Crippen LogP contribution in [-0.4, -0.2) is 43.3 Å². The Hall–Kier alpha value is -2.96. The summed E-state index contributed by atoms with van der Waals surface area (Å²) in [6, 6.07) is 10.7. The average molecular weight is 376 g/mol. The number of unbranched alkanes of at least 4 members (excludes halogenated alkanes) is 1. The summed E-state index contributed by atoms with van der Waals surface area (Å²) in [4.78, 5) is 13.6. The monoisotopic (exact) mass is 376 g/mol. The average Bonchev–Trinajstić information content (AvgIpc) is 2.66. The van der Waals surface area contributed by atoms with E-state index >= 15 is 0 Å². The fourth-order valence-electron chi connectivity index (χ4n) is 2.46. The molecular weight excluding hydrogens is 351 g/mol. The molecule has 0 saturated carbocycles. The molecule has 2 aromatic rings. The van der Waals surface area contributed by atoms with Crippen LogP contribution in [0.4, 0.5) is 9.18 Å². The number of carbonyl (C=O) groups excluding carboxylic acids is 1. The predicted octanol–water partition coefficient (Wildman–Crippen LogP) is 3.54. The normalized spacial score (nSPS) is 10.3. The van der Waals surface area contributed by atoms with Gasteiger partial charge in [0.1, 0.15) is 11.6 Å². The Morgan fingerprint density at radius 3 is 2.59 bits per heavy atom. The van der Waals surface area contributed by atoms with Crippen molar-refractivity contribution < 1.29 is 23.8 Å². The van der Waals surface area contributed by atoms with Gasteiger partial charge in [-0.3, -0.25) is 0 Å². The number of urea groups is 1. The third-order valence-electron chi connectivity index (χ3n) is 3.94. The molecule has 0 aromatic heterocycles. The molecule has 2 N–H and O–H groups in total. The minimum atomic E-state index is -0.293. The van der Waals surface area contributed by atoms with E-state index in [2.05, 4.69) is 5.32 Å². The quantitative estimate of drug-likeness (QED) is 0.657. The molecule has 2 amide bonds. The van der Waals surface area contributed by atoms with Crippen molar-refractivity contribution in [2.24, 2.45) is 0 Å². The highest BCUT2D eigenvalue weighted by Crippen LogP contribution is 2.26. The van der Waals surface area contributed by atoms with Crippen LogP contribution >= 0.6 is 0 Å². The number of hydrogen-bond donors (Lipinski definition) is 2. The summed E-state index contributed by atoms with van der Waals surface area (Å²) in [6.07, 6.45) is 1.54. The molecule has 0 bridgehead atoms. The van der Waals surface area contributed by atoms with Crippen LogP contribution in [0.25, 0.3) is 0 Å². The van der Waals surface area contributed by atoms with E-state index in [-0.39, 0.29) is 17.6 Å². The second-order valence-electron chi connectivity index (χ2n) is 6.10. The van der Waals surface area contributed by atoms with Gasteiger partial charge in [0.2, 0.25) is 0 Å². The molecule has 0 saturated heterocycles. The van der Waals surface area contributed by atoms with Crippen molar-refractivity contribution in [2.45, 2.75) is 19.4 Å². The minimum Gasteiger partial charge on any atom is -0.504 e. The van der Waals surface area contributed by atoms with Gasteiger partial charge in [-0.25, -0.2) is 9.18 Å². The molecule has 0 fully saturated rings. The van der Waals surface area contributed by atoms with E-state index in [0.29, 0.717) is 31.2 Å². The summed E-state index contributed by atoms with van der Waals surface area (Å²) in [5.74, 6) is 0.778. The fraction of sp³-hybridized carbons (Fsp3) is 0.350. The zero-order valence-corrected chi connectivity index (χ0v) is 15.6. The lowest BCUT2D eigenvalue weighted by molar-refractivity contribution is 0.206. The number of benzene rings is 2. The van der Waals surface area contributed by atoms with E-state index < -0.39 is 0 Å². The first-order valence-corrected chi connectivity index (χ1v) is 8.73. The first-order chi connectivity index (χ1) is 13.0. The molecule has 2 rings (SSSR count). The highest BCUT2D eigenvalue weighted by molar-refractivity contribution is 5.73.